The van der Waals surface area contributed by atoms with Gasteiger partial charge in [0, 0.05) is 5.39 Å². The molecule has 0 aliphatic heterocycles. The van der Waals surface area contributed by atoms with Crippen molar-refractivity contribution in [2.45, 2.75) is 26.0 Å². The van der Waals surface area contributed by atoms with Crippen molar-refractivity contribution in [2.75, 3.05) is 0 Å². The molecule has 2 heterocycles. The second-order valence-electron chi connectivity index (χ2n) is 6.67. The number of hydrogen-bond acceptors (Lipinski definition) is 6. The van der Waals surface area contributed by atoms with Gasteiger partial charge < -0.3 is 15.0 Å². The van der Waals surface area contributed by atoms with Gasteiger partial charge in [0.1, 0.15) is 5.75 Å². The van der Waals surface area contributed by atoms with Crippen molar-refractivity contribution in [3.63, 3.8) is 0 Å². The predicted molar refractivity (Wildman–Crippen MR) is 97.4 cm³/mol. The molecule has 4 aromatic rings. The van der Waals surface area contributed by atoms with E-state index in [9.17, 15) is 0 Å². The van der Waals surface area contributed by atoms with Crippen LogP contribution in [0.1, 0.15) is 25.4 Å². The molecular weight excluding hydrogens is 330 g/mol. The lowest BCUT2D eigenvalue weighted by molar-refractivity contribution is 0.290. The lowest BCUT2D eigenvalue weighted by atomic mass is 10.0. The number of fused-ring (bicyclic) bond motifs is 1. The molecule has 0 saturated heterocycles. The Kier molecular flexibility index (Phi) is 3.93. The zero-order chi connectivity index (χ0) is 18.1. The van der Waals surface area contributed by atoms with E-state index in [0.717, 1.165) is 22.2 Å². The summed E-state index contributed by atoms with van der Waals surface area (Å²) in [5, 5.41) is 13.2. The van der Waals surface area contributed by atoms with Crippen molar-refractivity contribution in [2.24, 2.45) is 5.73 Å². The molecule has 7 nitrogen and oxygen atoms in total. The Morgan fingerprint density at radius 3 is 2.77 bits per heavy atom. The van der Waals surface area contributed by atoms with Gasteiger partial charge in [0.15, 0.2) is 12.3 Å². The van der Waals surface area contributed by atoms with Crippen LogP contribution in [0.25, 0.3) is 22.4 Å². The summed E-state index contributed by atoms with van der Waals surface area (Å²) in [6.45, 7) is 3.99. The van der Waals surface area contributed by atoms with E-state index in [1.165, 1.54) is 0 Å². The minimum absolute atomic E-state index is 0.206. The van der Waals surface area contributed by atoms with Crippen LogP contribution in [0.15, 0.2) is 53.1 Å². The first kappa shape index (κ1) is 16.3. The average molecular weight is 349 g/mol. The maximum Gasteiger partial charge on any atom is 0.278 e. The van der Waals surface area contributed by atoms with E-state index in [1.807, 2.05) is 62.4 Å². The summed E-state index contributed by atoms with van der Waals surface area (Å²) in [7, 11) is 0. The summed E-state index contributed by atoms with van der Waals surface area (Å²) in [5.41, 5.74) is 6.88. The summed E-state index contributed by atoms with van der Waals surface area (Å²) in [6.07, 6.45) is 0. The molecule has 0 unspecified atom stereocenters. The molecule has 0 amide bonds. The lowest BCUT2D eigenvalue weighted by Crippen LogP contribution is -2.28. The van der Waals surface area contributed by atoms with Gasteiger partial charge in [-0.25, -0.2) is 0 Å². The molecule has 7 heteroatoms. The minimum Gasteiger partial charge on any atom is -0.485 e. The highest BCUT2D eigenvalue weighted by atomic mass is 16.5. The Morgan fingerprint density at radius 1 is 1.15 bits per heavy atom. The normalized spacial score (nSPS) is 11.8. The molecule has 0 spiro atoms. The number of rotatable bonds is 5. The van der Waals surface area contributed by atoms with E-state index in [-0.39, 0.29) is 6.61 Å². The molecule has 0 aliphatic rings. The Bertz CT molecular complexity index is 1040. The summed E-state index contributed by atoms with van der Waals surface area (Å²) in [5.74, 6) is 1.55. The van der Waals surface area contributed by atoms with Gasteiger partial charge in [-0.3, -0.25) is 5.10 Å². The van der Waals surface area contributed by atoms with Crippen LogP contribution < -0.4 is 10.5 Å². The number of aromatic nitrogens is 4. The number of benzene rings is 2. The fourth-order valence-electron chi connectivity index (χ4n) is 2.64. The highest BCUT2D eigenvalue weighted by molar-refractivity contribution is 5.88. The molecule has 0 bridgehead atoms. The van der Waals surface area contributed by atoms with Gasteiger partial charge in [-0.15, -0.1) is 0 Å². The van der Waals surface area contributed by atoms with Crippen molar-refractivity contribution in [1.82, 2.24) is 20.3 Å². The summed E-state index contributed by atoms with van der Waals surface area (Å²) < 4.78 is 11.2. The van der Waals surface area contributed by atoms with Crippen LogP contribution >= 0.6 is 0 Å². The zero-order valence-corrected chi connectivity index (χ0v) is 14.6. The molecule has 132 valence electrons. The largest absolute Gasteiger partial charge is 0.485 e. The van der Waals surface area contributed by atoms with Gasteiger partial charge in [-0.1, -0.05) is 41.6 Å². The maximum atomic E-state index is 6.05. The Hall–Kier alpha value is -3.19. The third kappa shape index (κ3) is 3.16. The SMILES string of the molecule is CC(C)(N)c1cc(-c2nc(COc3cccc4ccccc34)no2)n[nH]1. The number of nitrogens with two attached hydrogens (primary N) is 1. The highest BCUT2D eigenvalue weighted by Crippen LogP contribution is 2.26. The van der Waals surface area contributed by atoms with Gasteiger partial charge in [0.25, 0.3) is 5.89 Å². The van der Waals surface area contributed by atoms with E-state index in [2.05, 4.69) is 20.3 Å². The number of aromatic amines is 1. The van der Waals surface area contributed by atoms with E-state index in [1.54, 1.807) is 0 Å². The van der Waals surface area contributed by atoms with Gasteiger partial charge in [-0.2, -0.15) is 10.1 Å². The molecule has 0 saturated carbocycles. The predicted octanol–water partition coefficient (Wildman–Crippen LogP) is 3.39. The van der Waals surface area contributed by atoms with Crippen LogP contribution in [0.5, 0.6) is 5.75 Å². The van der Waals surface area contributed by atoms with E-state index in [0.29, 0.717) is 17.4 Å². The van der Waals surface area contributed by atoms with Gasteiger partial charge in [0.05, 0.1) is 11.2 Å². The van der Waals surface area contributed by atoms with Crippen molar-refractivity contribution < 1.29 is 9.26 Å². The first-order valence-corrected chi connectivity index (χ1v) is 8.29. The molecule has 0 radical (unpaired) electrons. The third-order valence-corrected chi connectivity index (χ3v) is 4.07. The number of nitrogens with one attached hydrogen (secondary N) is 1. The van der Waals surface area contributed by atoms with Crippen molar-refractivity contribution in [3.8, 4) is 17.3 Å². The van der Waals surface area contributed by atoms with Crippen LogP contribution in [0.4, 0.5) is 0 Å². The van der Waals surface area contributed by atoms with Crippen LogP contribution in [0.2, 0.25) is 0 Å². The van der Waals surface area contributed by atoms with E-state index < -0.39 is 5.54 Å². The molecule has 0 aliphatic carbocycles. The lowest BCUT2D eigenvalue weighted by Gasteiger charge is -2.14. The highest BCUT2D eigenvalue weighted by Gasteiger charge is 2.20. The molecular formula is C19H19N5O2. The standard InChI is InChI=1S/C19H19N5O2/c1-19(2,20)16-10-14(22-23-16)18-21-17(24-26-18)11-25-15-9-5-7-12-6-3-4-8-13(12)15/h3-10H,11,20H2,1-2H3,(H,22,23). The molecule has 2 aromatic heterocycles. The van der Waals surface area contributed by atoms with Gasteiger partial charge >= 0.3 is 0 Å². The fraction of sp³-hybridized carbons (Fsp3) is 0.211. The first-order valence-electron chi connectivity index (χ1n) is 8.29. The molecule has 4 rings (SSSR count). The third-order valence-electron chi connectivity index (χ3n) is 4.07. The minimum atomic E-state index is -0.522. The monoisotopic (exact) mass is 349 g/mol. The van der Waals surface area contributed by atoms with E-state index in [4.69, 9.17) is 15.0 Å². The second-order valence-corrected chi connectivity index (χ2v) is 6.67. The van der Waals surface area contributed by atoms with Crippen molar-refractivity contribution >= 4 is 10.8 Å². The molecule has 0 fully saturated rings. The Balaban J connectivity index is 1.51. The van der Waals surface area contributed by atoms with Crippen LogP contribution in [-0.4, -0.2) is 20.3 Å². The maximum absolute atomic E-state index is 6.05. The summed E-state index contributed by atoms with van der Waals surface area (Å²) in [4.78, 5) is 4.34. The second kappa shape index (κ2) is 6.27. The Labute approximate surface area is 150 Å². The topological polar surface area (TPSA) is 103 Å². The summed E-state index contributed by atoms with van der Waals surface area (Å²) in [6, 6.07) is 15.8. The summed E-state index contributed by atoms with van der Waals surface area (Å²) >= 11 is 0. The Morgan fingerprint density at radius 2 is 1.96 bits per heavy atom. The van der Waals surface area contributed by atoms with Crippen molar-refractivity contribution in [1.29, 1.82) is 0 Å². The first-order chi connectivity index (χ1) is 12.5. The number of H-pyrrole nitrogens is 1. The van der Waals surface area contributed by atoms with Gasteiger partial charge in [-0.05, 0) is 31.4 Å². The van der Waals surface area contributed by atoms with Crippen molar-refractivity contribution in [3.05, 3.63) is 60.0 Å². The van der Waals surface area contributed by atoms with Crippen LogP contribution in [-0.2, 0) is 12.1 Å². The fourth-order valence-corrected chi connectivity index (χ4v) is 2.64. The average Bonchev–Trinajstić information content (AvgIpc) is 3.28. The molecule has 26 heavy (non-hydrogen) atoms. The van der Waals surface area contributed by atoms with Crippen LogP contribution in [0, 0.1) is 0 Å². The number of nitrogens with zero attached hydrogens (tertiary/aromatic N) is 3. The molecule has 0 atom stereocenters. The quantitative estimate of drug-likeness (QED) is 0.572. The smallest absolute Gasteiger partial charge is 0.278 e. The van der Waals surface area contributed by atoms with Crippen LogP contribution in [0.3, 0.4) is 0 Å². The molecule has 2 aromatic carbocycles. The molecule has 3 N–H and O–H groups in total. The van der Waals surface area contributed by atoms with E-state index >= 15 is 0 Å². The number of ether oxygens (including phenoxy) is 1. The van der Waals surface area contributed by atoms with Gasteiger partial charge in [0.2, 0.25) is 5.82 Å². The zero-order valence-electron chi connectivity index (χ0n) is 14.6. The number of hydrogen-bond donors (Lipinski definition) is 2.